The number of nitrogens with one attached hydrogen (secondary N) is 1. The van der Waals surface area contributed by atoms with Gasteiger partial charge in [-0.1, -0.05) is 13.8 Å². The zero-order valence-electron chi connectivity index (χ0n) is 12.4. The van der Waals surface area contributed by atoms with Crippen LogP contribution in [0.25, 0.3) is 0 Å². The Labute approximate surface area is 116 Å². The van der Waals surface area contributed by atoms with E-state index in [2.05, 4.69) is 40.3 Å². The Balaban J connectivity index is 1.84. The molecule has 1 fully saturated rings. The van der Waals surface area contributed by atoms with Crippen LogP contribution in [0.3, 0.4) is 0 Å². The van der Waals surface area contributed by atoms with E-state index in [1.54, 1.807) is 0 Å². The van der Waals surface area contributed by atoms with Crippen molar-refractivity contribution >= 4 is 5.82 Å². The number of hydrogen-bond acceptors (Lipinski definition) is 4. The van der Waals surface area contributed by atoms with Gasteiger partial charge in [0.25, 0.3) is 0 Å². The maximum atomic E-state index is 4.30. The Morgan fingerprint density at radius 1 is 1.37 bits per heavy atom. The Hall–Kier alpha value is -1.16. The third-order valence-corrected chi connectivity index (χ3v) is 3.61. The molecule has 1 N–H and O–H groups in total. The van der Waals surface area contributed by atoms with E-state index in [9.17, 15) is 0 Å². The second kappa shape index (κ2) is 6.85. The summed E-state index contributed by atoms with van der Waals surface area (Å²) in [4.78, 5) is 2.37. The van der Waals surface area contributed by atoms with Gasteiger partial charge in [-0.25, -0.2) is 0 Å². The molecule has 0 aliphatic carbocycles. The summed E-state index contributed by atoms with van der Waals surface area (Å²) < 4.78 is 0. The van der Waals surface area contributed by atoms with E-state index in [0.29, 0.717) is 0 Å². The van der Waals surface area contributed by atoms with Crippen LogP contribution in [0.15, 0.2) is 12.1 Å². The number of hydrogen-bond donors (Lipinski definition) is 1. The van der Waals surface area contributed by atoms with Crippen molar-refractivity contribution in [3.63, 3.8) is 0 Å². The van der Waals surface area contributed by atoms with Crippen LogP contribution in [0, 0.1) is 18.8 Å². The molecule has 1 aliphatic rings. The summed E-state index contributed by atoms with van der Waals surface area (Å²) in [5.74, 6) is 2.48. The fraction of sp³-hybridized carbons (Fsp3) is 0.733. The van der Waals surface area contributed by atoms with Gasteiger partial charge in [0.05, 0.1) is 5.69 Å². The highest BCUT2D eigenvalue weighted by molar-refractivity contribution is 5.37. The molecule has 1 saturated heterocycles. The molecular formula is C15H26N4. The highest BCUT2D eigenvalue weighted by atomic mass is 15.3. The first-order chi connectivity index (χ1) is 9.15. The Morgan fingerprint density at radius 2 is 2.21 bits per heavy atom. The predicted octanol–water partition coefficient (Wildman–Crippen LogP) is 2.25. The van der Waals surface area contributed by atoms with Gasteiger partial charge < -0.3 is 10.2 Å². The maximum Gasteiger partial charge on any atom is 0.151 e. The fourth-order valence-corrected chi connectivity index (χ4v) is 2.58. The fourth-order valence-electron chi connectivity index (χ4n) is 2.58. The van der Waals surface area contributed by atoms with E-state index in [1.807, 2.05) is 13.0 Å². The number of nitrogens with zero attached hydrogens (tertiary/aromatic N) is 3. The maximum absolute atomic E-state index is 4.30. The summed E-state index contributed by atoms with van der Waals surface area (Å²) >= 11 is 0. The van der Waals surface area contributed by atoms with Crippen molar-refractivity contribution in [3.8, 4) is 0 Å². The summed E-state index contributed by atoms with van der Waals surface area (Å²) in [5.41, 5.74) is 0.982. The standard InChI is InChI=1S/C15H26N4/c1-12(2)9-16-10-14-5-4-8-19(11-14)15-7-6-13(3)17-18-15/h6-7,12,14,16H,4-5,8-11H2,1-3H3. The topological polar surface area (TPSA) is 41.0 Å². The number of aromatic nitrogens is 2. The van der Waals surface area contributed by atoms with Crippen molar-refractivity contribution in [1.29, 1.82) is 0 Å². The van der Waals surface area contributed by atoms with Crippen LogP contribution in [0.5, 0.6) is 0 Å². The zero-order chi connectivity index (χ0) is 13.7. The lowest BCUT2D eigenvalue weighted by Gasteiger charge is -2.33. The summed E-state index contributed by atoms with van der Waals surface area (Å²) in [6.45, 7) is 10.9. The predicted molar refractivity (Wildman–Crippen MR) is 79.4 cm³/mol. The average molecular weight is 262 g/mol. The highest BCUT2D eigenvalue weighted by Crippen LogP contribution is 2.20. The number of piperidine rings is 1. The first-order valence-electron chi connectivity index (χ1n) is 7.41. The molecule has 4 heteroatoms. The molecule has 0 amide bonds. The molecule has 0 spiro atoms. The molecule has 19 heavy (non-hydrogen) atoms. The third kappa shape index (κ3) is 4.46. The Bertz CT molecular complexity index is 374. The van der Waals surface area contributed by atoms with Gasteiger partial charge in [0, 0.05) is 13.1 Å². The van der Waals surface area contributed by atoms with Crippen LogP contribution < -0.4 is 10.2 Å². The van der Waals surface area contributed by atoms with Gasteiger partial charge >= 0.3 is 0 Å². The molecule has 1 unspecified atom stereocenters. The highest BCUT2D eigenvalue weighted by Gasteiger charge is 2.20. The zero-order valence-corrected chi connectivity index (χ0v) is 12.4. The summed E-state index contributed by atoms with van der Waals surface area (Å²) in [5, 5.41) is 12.0. The smallest absolute Gasteiger partial charge is 0.151 e. The number of rotatable bonds is 5. The van der Waals surface area contributed by atoms with Crippen molar-refractivity contribution in [2.24, 2.45) is 11.8 Å². The molecule has 0 saturated carbocycles. The van der Waals surface area contributed by atoms with Gasteiger partial charge in [0.15, 0.2) is 5.82 Å². The Morgan fingerprint density at radius 3 is 2.89 bits per heavy atom. The molecule has 2 rings (SSSR count). The third-order valence-electron chi connectivity index (χ3n) is 3.61. The van der Waals surface area contributed by atoms with E-state index in [4.69, 9.17) is 0 Å². The van der Waals surface area contributed by atoms with Crippen LogP contribution in [0.4, 0.5) is 5.82 Å². The van der Waals surface area contributed by atoms with E-state index < -0.39 is 0 Å². The van der Waals surface area contributed by atoms with Crippen LogP contribution in [-0.4, -0.2) is 36.4 Å². The monoisotopic (exact) mass is 262 g/mol. The normalized spacial score (nSPS) is 20.0. The molecular weight excluding hydrogens is 236 g/mol. The molecule has 106 valence electrons. The number of anilines is 1. The molecule has 1 atom stereocenters. The lowest BCUT2D eigenvalue weighted by molar-refractivity contribution is 0.381. The molecule has 1 aromatic heterocycles. The Kier molecular flexibility index (Phi) is 5.14. The SMILES string of the molecule is Cc1ccc(N2CCCC(CNCC(C)C)C2)nn1. The van der Waals surface area contributed by atoms with Crippen LogP contribution >= 0.6 is 0 Å². The minimum absolute atomic E-state index is 0.725. The second-order valence-electron chi connectivity index (χ2n) is 6.04. The van der Waals surface area contributed by atoms with Gasteiger partial charge in [0.1, 0.15) is 0 Å². The van der Waals surface area contributed by atoms with Crippen molar-refractivity contribution < 1.29 is 0 Å². The molecule has 0 radical (unpaired) electrons. The van der Waals surface area contributed by atoms with Crippen molar-refractivity contribution in [3.05, 3.63) is 17.8 Å². The van der Waals surface area contributed by atoms with E-state index in [-0.39, 0.29) is 0 Å². The van der Waals surface area contributed by atoms with Gasteiger partial charge in [-0.05, 0) is 56.8 Å². The molecule has 0 bridgehead atoms. The molecule has 4 nitrogen and oxygen atoms in total. The first kappa shape index (κ1) is 14.3. The largest absolute Gasteiger partial charge is 0.355 e. The average Bonchev–Trinajstić information content (AvgIpc) is 2.39. The van der Waals surface area contributed by atoms with Crippen LogP contribution in [0.2, 0.25) is 0 Å². The van der Waals surface area contributed by atoms with Crippen LogP contribution in [0.1, 0.15) is 32.4 Å². The van der Waals surface area contributed by atoms with Gasteiger partial charge in [-0.15, -0.1) is 5.10 Å². The summed E-state index contributed by atoms with van der Waals surface area (Å²) in [7, 11) is 0. The van der Waals surface area contributed by atoms with Crippen molar-refractivity contribution in [2.45, 2.75) is 33.6 Å². The minimum atomic E-state index is 0.725. The molecule has 2 heterocycles. The van der Waals surface area contributed by atoms with Crippen molar-refractivity contribution in [1.82, 2.24) is 15.5 Å². The van der Waals surface area contributed by atoms with Gasteiger partial charge in [0.2, 0.25) is 0 Å². The lowest BCUT2D eigenvalue weighted by Crippen LogP contribution is -2.40. The quantitative estimate of drug-likeness (QED) is 0.883. The number of aryl methyl sites for hydroxylation is 1. The molecule has 1 aliphatic heterocycles. The van der Waals surface area contributed by atoms with E-state index in [0.717, 1.165) is 49.5 Å². The summed E-state index contributed by atoms with van der Waals surface area (Å²) in [6, 6.07) is 4.13. The van der Waals surface area contributed by atoms with Gasteiger partial charge in [-0.2, -0.15) is 5.10 Å². The van der Waals surface area contributed by atoms with E-state index >= 15 is 0 Å². The van der Waals surface area contributed by atoms with Crippen LogP contribution in [-0.2, 0) is 0 Å². The minimum Gasteiger partial charge on any atom is -0.355 e. The van der Waals surface area contributed by atoms with Gasteiger partial charge in [-0.3, -0.25) is 0 Å². The summed E-state index contributed by atoms with van der Waals surface area (Å²) in [6.07, 6.45) is 2.57. The van der Waals surface area contributed by atoms with Crippen molar-refractivity contribution in [2.75, 3.05) is 31.1 Å². The molecule has 0 aromatic carbocycles. The first-order valence-corrected chi connectivity index (χ1v) is 7.41. The second-order valence-corrected chi connectivity index (χ2v) is 6.04. The lowest BCUT2D eigenvalue weighted by atomic mass is 9.98. The van der Waals surface area contributed by atoms with E-state index in [1.165, 1.54) is 12.8 Å². The molecule has 1 aromatic rings.